The molecule has 0 fully saturated rings. The molecule has 0 saturated heterocycles. The molecule has 3 heteroatoms. The van der Waals surface area contributed by atoms with Crippen LogP contribution in [0, 0.1) is 5.82 Å². The van der Waals surface area contributed by atoms with Gasteiger partial charge in [0, 0.05) is 36.1 Å². The van der Waals surface area contributed by atoms with Crippen LogP contribution in [0.3, 0.4) is 0 Å². The molecule has 0 radical (unpaired) electrons. The van der Waals surface area contributed by atoms with Crippen molar-refractivity contribution in [3.05, 3.63) is 35.3 Å². The number of rotatable bonds is 0. The van der Waals surface area contributed by atoms with Crippen molar-refractivity contribution < 1.29 is 4.39 Å². The van der Waals surface area contributed by atoms with Gasteiger partial charge in [0.05, 0.1) is 0 Å². The van der Waals surface area contributed by atoms with E-state index in [9.17, 15) is 4.39 Å². The van der Waals surface area contributed by atoms with Gasteiger partial charge in [-0.15, -0.1) is 0 Å². The van der Waals surface area contributed by atoms with E-state index in [1.165, 1.54) is 16.6 Å². The maximum atomic E-state index is 13.1. The highest BCUT2D eigenvalue weighted by Crippen LogP contribution is 2.26. The van der Waals surface area contributed by atoms with Gasteiger partial charge in [-0.2, -0.15) is 0 Å². The van der Waals surface area contributed by atoms with E-state index >= 15 is 0 Å². The average Bonchev–Trinajstić information content (AvgIpc) is 2.50. The number of likely N-dealkylation sites (N-methyl/N-ethyl adjacent to an activating group) is 1. The number of nitrogens with one attached hydrogen (secondary N) is 1. The third-order valence-corrected chi connectivity index (χ3v) is 3.44. The molecule has 2 aromatic rings. The van der Waals surface area contributed by atoms with Crippen LogP contribution in [0.4, 0.5) is 4.39 Å². The molecule has 1 N–H and O–H groups in total. The molecule has 2 heterocycles. The molecule has 1 aromatic heterocycles. The predicted molar refractivity (Wildman–Crippen MR) is 63.2 cm³/mol. The summed E-state index contributed by atoms with van der Waals surface area (Å²) in [5.74, 6) is -0.166. The van der Waals surface area contributed by atoms with E-state index in [0.29, 0.717) is 0 Å². The van der Waals surface area contributed by atoms with E-state index in [1.54, 1.807) is 12.1 Å². The van der Waals surface area contributed by atoms with Crippen LogP contribution < -0.4 is 0 Å². The average molecular weight is 218 g/mol. The zero-order valence-electron chi connectivity index (χ0n) is 9.39. The number of aromatic nitrogens is 1. The second-order valence-corrected chi connectivity index (χ2v) is 4.58. The molecule has 2 nitrogen and oxygen atoms in total. The number of benzene rings is 1. The Morgan fingerprint density at radius 1 is 1.25 bits per heavy atom. The van der Waals surface area contributed by atoms with Gasteiger partial charge in [0.1, 0.15) is 5.82 Å². The summed E-state index contributed by atoms with van der Waals surface area (Å²) in [6.07, 6.45) is 2.08. The van der Waals surface area contributed by atoms with Gasteiger partial charge < -0.3 is 9.88 Å². The lowest BCUT2D eigenvalue weighted by atomic mass is 10.1. The first-order chi connectivity index (χ1) is 7.74. The molecule has 1 aliphatic heterocycles. The van der Waals surface area contributed by atoms with Crippen molar-refractivity contribution in [1.82, 2.24) is 9.88 Å². The first-order valence-corrected chi connectivity index (χ1v) is 5.71. The maximum absolute atomic E-state index is 13.1. The third-order valence-electron chi connectivity index (χ3n) is 3.44. The van der Waals surface area contributed by atoms with Crippen molar-refractivity contribution >= 4 is 10.9 Å². The lowest BCUT2D eigenvalue weighted by molar-refractivity contribution is 0.352. The molecule has 84 valence electrons. The van der Waals surface area contributed by atoms with E-state index in [2.05, 4.69) is 16.9 Å². The van der Waals surface area contributed by atoms with Crippen LogP contribution >= 0.6 is 0 Å². The zero-order chi connectivity index (χ0) is 11.1. The van der Waals surface area contributed by atoms with Crippen molar-refractivity contribution in [3.8, 4) is 0 Å². The number of hydrogen-bond donors (Lipinski definition) is 1. The minimum Gasteiger partial charge on any atom is -0.358 e. The number of halogens is 1. The zero-order valence-corrected chi connectivity index (χ0v) is 9.39. The predicted octanol–water partition coefficient (Wildman–Crippen LogP) is 2.34. The largest absolute Gasteiger partial charge is 0.358 e. The monoisotopic (exact) mass is 218 g/mol. The fourth-order valence-corrected chi connectivity index (χ4v) is 2.50. The Kier molecular flexibility index (Phi) is 2.21. The Hall–Kier alpha value is -1.35. The number of aromatic amines is 1. The van der Waals surface area contributed by atoms with Gasteiger partial charge in [-0.1, -0.05) is 0 Å². The summed E-state index contributed by atoms with van der Waals surface area (Å²) in [6, 6.07) is 5.03. The van der Waals surface area contributed by atoms with E-state index < -0.39 is 0 Å². The van der Waals surface area contributed by atoms with Crippen LogP contribution in [-0.2, 0) is 12.8 Å². The third kappa shape index (κ3) is 1.52. The highest BCUT2D eigenvalue weighted by Gasteiger charge is 2.16. The topological polar surface area (TPSA) is 19.0 Å². The number of hydrogen-bond acceptors (Lipinski definition) is 1. The van der Waals surface area contributed by atoms with Gasteiger partial charge in [0.15, 0.2) is 0 Å². The molecule has 0 unspecified atom stereocenters. The van der Waals surface area contributed by atoms with Crippen molar-refractivity contribution in [2.24, 2.45) is 0 Å². The molecule has 3 rings (SSSR count). The van der Waals surface area contributed by atoms with Gasteiger partial charge in [-0.3, -0.25) is 0 Å². The standard InChI is InChI=1S/C13H15FN2/c1-16-6-4-11-10-3-2-9(14)8-13(10)15-12(11)5-7-16/h2-3,8,15H,4-7H2,1H3. The van der Waals surface area contributed by atoms with Crippen molar-refractivity contribution in [1.29, 1.82) is 0 Å². The normalized spacial score (nSPS) is 17.4. The van der Waals surface area contributed by atoms with E-state index in [4.69, 9.17) is 0 Å². The van der Waals surface area contributed by atoms with Crippen LogP contribution in [0.5, 0.6) is 0 Å². The SMILES string of the molecule is CN1CCc2[nH]c3cc(F)ccc3c2CC1. The van der Waals surface area contributed by atoms with Crippen molar-refractivity contribution in [3.63, 3.8) is 0 Å². The molecule has 1 aromatic carbocycles. The minimum atomic E-state index is -0.166. The Labute approximate surface area is 94.1 Å². The Bertz CT molecular complexity index is 530. The van der Waals surface area contributed by atoms with Crippen LogP contribution in [0.15, 0.2) is 18.2 Å². The van der Waals surface area contributed by atoms with Gasteiger partial charge in [-0.05, 0) is 37.2 Å². The second kappa shape index (κ2) is 3.59. The van der Waals surface area contributed by atoms with Crippen molar-refractivity contribution in [2.75, 3.05) is 20.1 Å². The van der Waals surface area contributed by atoms with Crippen LogP contribution in [0.2, 0.25) is 0 Å². The van der Waals surface area contributed by atoms with Crippen LogP contribution in [0.25, 0.3) is 10.9 Å². The van der Waals surface area contributed by atoms with E-state index in [-0.39, 0.29) is 5.82 Å². The van der Waals surface area contributed by atoms with Gasteiger partial charge >= 0.3 is 0 Å². The molecule has 16 heavy (non-hydrogen) atoms. The van der Waals surface area contributed by atoms with Gasteiger partial charge in [0.2, 0.25) is 0 Å². The summed E-state index contributed by atoms with van der Waals surface area (Å²) in [6.45, 7) is 2.15. The highest BCUT2D eigenvalue weighted by molar-refractivity contribution is 5.84. The van der Waals surface area contributed by atoms with Crippen LogP contribution in [0.1, 0.15) is 11.3 Å². The highest BCUT2D eigenvalue weighted by atomic mass is 19.1. The van der Waals surface area contributed by atoms with Gasteiger partial charge in [0.25, 0.3) is 0 Å². The molecule has 0 atom stereocenters. The Morgan fingerprint density at radius 3 is 2.94 bits per heavy atom. The quantitative estimate of drug-likeness (QED) is 0.719. The fraction of sp³-hybridized carbons (Fsp3) is 0.385. The molecular formula is C13H15FN2. The molecule has 0 spiro atoms. The Morgan fingerprint density at radius 2 is 2.06 bits per heavy atom. The molecule has 1 aliphatic rings. The molecule has 0 saturated carbocycles. The first-order valence-electron chi connectivity index (χ1n) is 5.71. The summed E-state index contributed by atoms with van der Waals surface area (Å²) >= 11 is 0. The number of nitrogens with zero attached hydrogens (tertiary/aromatic N) is 1. The van der Waals surface area contributed by atoms with E-state index in [1.807, 2.05) is 6.07 Å². The number of fused-ring (bicyclic) bond motifs is 3. The maximum Gasteiger partial charge on any atom is 0.125 e. The summed E-state index contributed by atoms with van der Waals surface area (Å²) < 4.78 is 13.1. The number of H-pyrrole nitrogens is 1. The molecule has 0 amide bonds. The molecule has 0 bridgehead atoms. The first kappa shape index (κ1) is 9.85. The van der Waals surface area contributed by atoms with Gasteiger partial charge in [-0.25, -0.2) is 4.39 Å². The summed E-state index contributed by atoms with van der Waals surface area (Å²) in [7, 11) is 2.15. The van der Waals surface area contributed by atoms with Crippen molar-refractivity contribution in [2.45, 2.75) is 12.8 Å². The minimum absolute atomic E-state index is 0.166. The lowest BCUT2D eigenvalue weighted by Crippen LogP contribution is -2.21. The smallest absolute Gasteiger partial charge is 0.125 e. The summed E-state index contributed by atoms with van der Waals surface area (Å²) in [5.41, 5.74) is 3.60. The fourth-order valence-electron chi connectivity index (χ4n) is 2.50. The Balaban J connectivity index is 2.15. The lowest BCUT2D eigenvalue weighted by Gasteiger charge is -2.11. The molecular weight excluding hydrogens is 203 g/mol. The van der Waals surface area contributed by atoms with E-state index in [0.717, 1.165) is 31.4 Å². The summed E-state index contributed by atoms with van der Waals surface area (Å²) in [4.78, 5) is 5.69. The van der Waals surface area contributed by atoms with Crippen LogP contribution in [-0.4, -0.2) is 30.0 Å². The summed E-state index contributed by atoms with van der Waals surface area (Å²) in [5, 5.41) is 1.19. The second-order valence-electron chi connectivity index (χ2n) is 4.58. The molecule has 0 aliphatic carbocycles.